The normalized spacial score (nSPS) is 12.2. The predicted molar refractivity (Wildman–Crippen MR) is 116 cm³/mol. The SMILES string of the molecule is COc1cc(O[C@@H](C)c2ncn(C)n2)c2c(N)ncnc2c1-c1cccc(Cl)c1Cl. The van der Waals surface area contributed by atoms with Gasteiger partial charge in [0.25, 0.3) is 0 Å². The van der Waals surface area contributed by atoms with Crippen LogP contribution in [0.1, 0.15) is 18.9 Å². The molecular weight excluding hydrogens is 427 g/mol. The van der Waals surface area contributed by atoms with Gasteiger partial charge in [-0.1, -0.05) is 35.3 Å². The van der Waals surface area contributed by atoms with Crippen molar-refractivity contribution in [1.29, 1.82) is 0 Å². The molecule has 10 heteroatoms. The van der Waals surface area contributed by atoms with Gasteiger partial charge in [0.1, 0.15) is 30.0 Å². The molecule has 4 rings (SSSR count). The van der Waals surface area contributed by atoms with E-state index in [2.05, 4.69) is 20.1 Å². The molecule has 30 heavy (non-hydrogen) atoms. The van der Waals surface area contributed by atoms with E-state index in [4.69, 9.17) is 38.4 Å². The highest BCUT2D eigenvalue weighted by atomic mass is 35.5. The molecule has 2 aromatic heterocycles. The number of nitrogen functional groups attached to an aromatic ring is 1. The molecule has 2 heterocycles. The minimum absolute atomic E-state index is 0.262. The largest absolute Gasteiger partial charge is 0.496 e. The van der Waals surface area contributed by atoms with Crippen LogP contribution in [0.25, 0.3) is 22.0 Å². The van der Waals surface area contributed by atoms with Gasteiger partial charge in [-0.25, -0.2) is 15.0 Å². The summed E-state index contributed by atoms with van der Waals surface area (Å²) in [6, 6.07) is 7.09. The molecule has 0 spiro atoms. The molecule has 0 saturated heterocycles. The van der Waals surface area contributed by atoms with Crippen molar-refractivity contribution >= 4 is 39.9 Å². The highest BCUT2D eigenvalue weighted by Gasteiger charge is 2.23. The molecule has 2 aromatic carbocycles. The Labute approximate surface area is 182 Å². The molecule has 1 atom stereocenters. The van der Waals surface area contributed by atoms with E-state index in [1.165, 1.54) is 6.33 Å². The van der Waals surface area contributed by atoms with E-state index in [-0.39, 0.29) is 5.82 Å². The summed E-state index contributed by atoms with van der Waals surface area (Å²) < 4.78 is 13.4. The Morgan fingerprint density at radius 2 is 1.93 bits per heavy atom. The number of hydrogen-bond acceptors (Lipinski definition) is 7. The number of anilines is 1. The molecule has 0 fully saturated rings. The maximum absolute atomic E-state index is 6.49. The van der Waals surface area contributed by atoms with Crippen LogP contribution < -0.4 is 15.2 Å². The number of methoxy groups -OCH3 is 1. The fourth-order valence-corrected chi connectivity index (χ4v) is 3.60. The molecule has 0 aliphatic heterocycles. The molecule has 154 valence electrons. The van der Waals surface area contributed by atoms with E-state index in [1.807, 2.05) is 13.0 Å². The van der Waals surface area contributed by atoms with Gasteiger partial charge in [0, 0.05) is 18.7 Å². The number of fused-ring (bicyclic) bond motifs is 1. The van der Waals surface area contributed by atoms with E-state index < -0.39 is 6.10 Å². The van der Waals surface area contributed by atoms with E-state index in [1.54, 1.807) is 43.4 Å². The number of nitrogens with two attached hydrogens (primary N) is 1. The number of rotatable bonds is 5. The molecule has 0 aliphatic rings. The Bertz CT molecular complexity index is 1240. The van der Waals surface area contributed by atoms with Crippen molar-refractivity contribution < 1.29 is 9.47 Å². The van der Waals surface area contributed by atoms with Crippen molar-refractivity contribution in [3.63, 3.8) is 0 Å². The molecule has 0 aliphatic carbocycles. The highest BCUT2D eigenvalue weighted by Crippen LogP contribution is 2.46. The third-order valence-corrected chi connectivity index (χ3v) is 5.41. The maximum atomic E-state index is 6.49. The lowest BCUT2D eigenvalue weighted by molar-refractivity contribution is 0.218. The van der Waals surface area contributed by atoms with Gasteiger partial charge in [-0.3, -0.25) is 4.68 Å². The van der Waals surface area contributed by atoms with Crippen molar-refractivity contribution in [2.24, 2.45) is 7.05 Å². The first-order chi connectivity index (χ1) is 14.4. The van der Waals surface area contributed by atoms with Crippen LogP contribution in [0.5, 0.6) is 11.5 Å². The van der Waals surface area contributed by atoms with Crippen molar-refractivity contribution in [2.45, 2.75) is 13.0 Å². The summed E-state index contributed by atoms with van der Waals surface area (Å²) in [6.45, 7) is 1.84. The first-order valence-corrected chi connectivity index (χ1v) is 9.74. The minimum atomic E-state index is -0.445. The van der Waals surface area contributed by atoms with Crippen molar-refractivity contribution in [1.82, 2.24) is 24.7 Å². The van der Waals surface area contributed by atoms with Gasteiger partial charge in [-0.2, -0.15) is 5.10 Å². The van der Waals surface area contributed by atoms with Gasteiger partial charge >= 0.3 is 0 Å². The summed E-state index contributed by atoms with van der Waals surface area (Å²) in [5.74, 6) is 1.74. The predicted octanol–water partition coefficient (Wildman–Crippen LogP) is 4.46. The molecule has 0 unspecified atom stereocenters. The Kier molecular flexibility index (Phi) is 5.36. The number of benzene rings is 2. The average Bonchev–Trinajstić information content (AvgIpc) is 3.16. The first kappa shape index (κ1) is 20.2. The fourth-order valence-electron chi connectivity index (χ4n) is 3.21. The first-order valence-electron chi connectivity index (χ1n) is 8.98. The summed E-state index contributed by atoms with van der Waals surface area (Å²) in [6.07, 6.45) is 2.54. The number of aromatic nitrogens is 5. The van der Waals surface area contributed by atoms with Crippen LogP contribution in [0.15, 0.2) is 36.9 Å². The summed E-state index contributed by atoms with van der Waals surface area (Å²) in [5.41, 5.74) is 8.05. The van der Waals surface area contributed by atoms with Crippen molar-refractivity contribution in [2.75, 3.05) is 12.8 Å². The van der Waals surface area contributed by atoms with E-state index in [9.17, 15) is 0 Å². The van der Waals surface area contributed by atoms with Gasteiger partial charge in [-0.15, -0.1) is 0 Å². The number of halogens is 2. The van der Waals surface area contributed by atoms with Crippen LogP contribution >= 0.6 is 23.2 Å². The third kappa shape index (κ3) is 3.48. The molecule has 0 bridgehead atoms. The molecular formula is C20H18Cl2N6O2. The number of aryl methyl sites for hydroxylation is 1. The quantitative estimate of drug-likeness (QED) is 0.484. The number of nitrogens with zero attached hydrogens (tertiary/aromatic N) is 5. The van der Waals surface area contributed by atoms with Gasteiger partial charge in [-0.05, 0) is 13.0 Å². The molecule has 2 N–H and O–H groups in total. The van der Waals surface area contributed by atoms with Crippen molar-refractivity contribution in [3.05, 3.63) is 52.8 Å². The lowest BCUT2D eigenvalue weighted by Crippen LogP contribution is -2.08. The Hall–Kier alpha value is -3.10. The molecule has 0 radical (unpaired) electrons. The topological polar surface area (TPSA) is 101 Å². The molecule has 0 amide bonds. The summed E-state index contributed by atoms with van der Waals surface area (Å²) in [4.78, 5) is 12.8. The summed E-state index contributed by atoms with van der Waals surface area (Å²) in [5, 5.41) is 5.63. The highest BCUT2D eigenvalue weighted by molar-refractivity contribution is 6.44. The minimum Gasteiger partial charge on any atom is -0.496 e. The lowest BCUT2D eigenvalue weighted by Gasteiger charge is -2.19. The molecule has 4 aromatic rings. The molecule has 8 nitrogen and oxygen atoms in total. The van der Waals surface area contributed by atoms with Crippen LogP contribution in [0, 0.1) is 0 Å². The van der Waals surface area contributed by atoms with Gasteiger partial charge in [0.05, 0.1) is 33.6 Å². The van der Waals surface area contributed by atoms with Gasteiger partial charge < -0.3 is 15.2 Å². The Morgan fingerprint density at radius 1 is 1.13 bits per heavy atom. The van der Waals surface area contributed by atoms with Gasteiger partial charge in [0.15, 0.2) is 11.9 Å². The molecule has 0 saturated carbocycles. The van der Waals surface area contributed by atoms with Gasteiger partial charge in [0.2, 0.25) is 0 Å². The second kappa shape index (κ2) is 7.97. The lowest BCUT2D eigenvalue weighted by atomic mass is 10.00. The smallest absolute Gasteiger partial charge is 0.191 e. The average molecular weight is 445 g/mol. The second-order valence-corrected chi connectivity index (χ2v) is 7.36. The van der Waals surface area contributed by atoms with Crippen LogP contribution in [-0.4, -0.2) is 31.8 Å². The maximum Gasteiger partial charge on any atom is 0.191 e. The Balaban J connectivity index is 1.95. The van der Waals surface area contributed by atoms with E-state index >= 15 is 0 Å². The summed E-state index contributed by atoms with van der Waals surface area (Å²) in [7, 11) is 3.35. The second-order valence-electron chi connectivity index (χ2n) is 6.57. The van der Waals surface area contributed by atoms with Crippen LogP contribution in [0.4, 0.5) is 5.82 Å². The van der Waals surface area contributed by atoms with Crippen molar-refractivity contribution in [3.8, 4) is 22.6 Å². The van der Waals surface area contributed by atoms with E-state index in [0.29, 0.717) is 49.4 Å². The van der Waals surface area contributed by atoms with Crippen LogP contribution in [0.2, 0.25) is 10.0 Å². The Morgan fingerprint density at radius 3 is 2.63 bits per heavy atom. The number of ether oxygens (including phenoxy) is 2. The van der Waals surface area contributed by atoms with Crippen LogP contribution in [-0.2, 0) is 7.05 Å². The zero-order valence-corrected chi connectivity index (χ0v) is 17.9. The zero-order valence-electron chi connectivity index (χ0n) is 16.4. The monoisotopic (exact) mass is 444 g/mol. The third-order valence-electron chi connectivity index (χ3n) is 4.59. The summed E-state index contributed by atoms with van der Waals surface area (Å²) >= 11 is 12.7. The standard InChI is InChI=1S/C20H18Cl2N6O2/c1-10(20-26-9-28(2)27-20)30-14-7-13(29-3)15(11-5-4-6-12(21)17(11)22)18-16(14)19(23)25-8-24-18/h4-10H,1-3H3,(H2,23,24,25)/t10-/m0/s1. The number of hydrogen-bond donors (Lipinski definition) is 1. The van der Waals surface area contributed by atoms with Crippen LogP contribution in [0.3, 0.4) is 0 Å². The zero-order chi connectivity index (χ0) is 21.4. The fraction of sp³-hybridized carbons (Fsp3) is 0.200. The van der Waals surface area contributed by atoms with E-state index in [0.717, 1.165) is 0 Å².